The Kier molecular flexibility index (Phi) is 9.07. The predicted octanol–water partition coefficient (Wildman–Crippen LogP) is 6.67. The molecule has 0 N–H and O–H groups in total. The van der Waals surface area contributed by atoms with E-state index >= 15 is 0 Å². The first-order valence-electron chi connectivity index (χ1n) is 11.6. The number of rotatable bonds is 4. The smallest absolute Gasteiger partial charge is 0.423 e. The van der Waals surface area contributed by atoms with E-state index in [4.69, 9.17) is 9.47 Å². The van der Waals surface area contributed by atoms with Gasteiger partial charge in [0.25, 0.3) is 0 Å². The highest BCUT2D eigenvalue weighted by atomic mass is 19.4. The second-order valence-electron chi connectivity index (χ2n) is 8.81. The van der Waals surface area contributed by atoms with E-state index in [1.807, 2.05) is 0 Å². The number of pyridine rings is 1. The molecule has 0 unspecified atom stereocenters. The zero-order chi connectivity index (χ0) is 27.2. The van der Waals surface area contributed by atoms with E-state index in [1.54, 1.807) is 25.3 Å². The number of halogens is 6. The summed E-state index contributed by atoms with van der Waals surface area (Å²) < 4.78 is 91.7. The molecule has 37 heavy (non-hydrogen) atoms. The number of terminal acetylenes is 1. The number of hydrogen-bond acceptors (Lipinski definition) is 4. The average molecular weight is 528 g/mol. The normalized spacial score (nSPS) is 21.1. The molecule has 1 aromatic carbocycles. The summed E-state index contributed by atoms with van der Waals surface area (Å²) >= 11 is 0. The van der Waals surface area contributed by atoms with Crippen LogP contribution in [0.3, 0.4) is 0 Å². The van der Waals surface area contributed by atoms with Crippen LogP contribution in [0.15, 0.2) is 42.6 Å². The zero-order valence-corrected chi connectivity index (χ0v) is 20.1. The average Bonchev–Trinajstić information content (AvgIpc) is 3.28. The largest absolute Gasteiger partial charge is 0.490 e. The number of methoxy groups -OCH3 is 1. The van der Waals surface area contributed by atoms with Gasteiger partial charge in [-0.25, -0.2) is 13.2 Å². The summed E-state index contributed by atoms with van der Waals surface area (Å²) in [4.78, 5) is 0. The summed E-state index contributed by atoms with van der Waals surface area (Å²) in [5.41, 5.74) is -1.44. The minimum absolute atomic E-state index is 0.101. The van der Waals surface area contributed by atoms with Crippen LogP contribution in [0.4, 0.5) is 26.3 Å². The quantitative estimate of drug-likeness (QED) is 0.281. The Bertz CT molecular complexity index is 1160. The van der Waals surface area contributed by atoms with Gasteiger partial charge in [0.1, 0.15) is 23.0 Å². The van der Waals surface area contributed by atoms with Gasteiger partial charge < -0.3 is 9.47 Å². The monoisotopic (exact) mass is 527 g/mol. The first-order chi connectivity index (χ1) is 17.6. The maximum atomic E-state index is 13.8. The lowest BCUT2D eigenvalue weighted by atomic mass is 9.81. The van der Waals surface area contributed by atoms with Gasteiger partial charge in [-0.1, -0.05) is 18.2 Å². The number of benzene rings is 1. The fourth-order valence-electron chi connectivity index (χ4n) is 4.42. The van der Waals surface area contributed by atoms with Crippen molar-refractivity contribution in [1.82, 2.24) is 14.6 Å². The van der Waals surface area contributed by atoms with Crippen molar-refractivity contribution in [2.75, 3.05) is 7.11 Å². The number of fused-ring (bicyclic) bond motifs is 1. The molecule has 0 radical (unpaired) electrons. The molecule has 200 valence electrons. The van der Waals surface area contributed by atoms with Crippen LogP contribution in [-0.2, 0) is 10.9 Å². The van der Waals surface area contributed by atoms with Crippen LogP contribution in [0, 0.1) is 18.7 Å². The van der Waals surface area contributed by atoms with Crippen LogP contribution in [0.5, 0.6) is 5.75 Å². The van der Waals surface area contributed by atoms with E-state index < -0.39 is 42.1 Å². The second kappa shape index (κ2) is 11.9. The summed E-state index contributed by atoms with van der Waals surface area (Å²) in [7, 11) is 1.61. The highest BCUT2D eigenvalue weighted by Crippen LogP contribution is 2.48. The molecular weight excluding hydrogens is 500 g/mol. The van der Waals surface area contributed by atoms with Crippen LogP contribution in [-0.4, -0.2) is 39.8 Å². The first kappa shape index (κ1) is 28.3. The van der Waals surface area contributed by atoms with Crippen LogP contribution in [0.1, 0.15) is 55.8 Å². The maximum Gasteiger partial charge on any atom is 0.423 e. The standard InChI is InChI=1S/C18H20F5N3O2.C6H5F.C2H2/c1-27-11-2-4-12(5-3-11)28-13-6-7-26-15(10-8-17(19,20)9-10)24-25-16(26)14(13)18(21,22)23;7-6-4-2-1-3-5-6;1-2/h6-7,10-12H,2-5,8-9H2,1H3;1-5H;1-2H. The number of ether oxygens (including phenoxy) is 2. The molecule has 2 aromatic heterocycles. The van der Waals surface area contributed by atoms with E-state index in [9.17, 15) is 26.3 Å². The van der Waals surface area contributed by atoms with Gasteiger partial charge in [0.05, 0.1) is 12.2 Å². The van der Waals surface area contributed by atoms with Gasteiger partial charge in [0.15, 0.2) is 5.65 Å². The van der Waals surface area contributed by atoms with Gasteiger partial charge in [-0.05, 0) is 43.9 Å². The molecule has 2 aliphatic rings. The maximum absolute atomic E-state index is 13.8. The molecule has 0 spiro atoms. The van der Waals surface area contributed by atoms with Crippen molar-refractivity contribution in [3.63, 3.8) is 0 Å². The topological polar surface area (TPSA) is 48.7 Å². The van der Waals surface area contributed by atoms with Crippen molar-refractivity contribution in [1.29, 1.82) is 0 Å². The predicted molar refractivity (Wildman–Crippen MR) is 125 cm³/mol. The van der Waals surface area contributed by atoms with Crippen molar-refractivity contribution in [3.05, 3.63) is 59.8 Å². The SMILES string of the molecule is C#C.COC1CCC(Oc2ccn3c(C4CC(F)(F)C4)nnc3c2C(F)(F)F)CC1.Fc1ccccc1. The van der Waals surface area contributed by atoms with Gasteiger partial charge in [-0.2, -0.15) is 13.2 Å². The van der Waals surface area contributed by atoms with E-state index in [0.717, 1.165) is 17.2 Å². The Morgan fingerprint density at radius 1 is 0.946 bits per heavy atom. The third kappa shape index (κ3) is 6.95. The third-order valence-electron chi connectivity index (χ3n) is 6.29. The van der Waals surface area contributed by atoms with Crippen molar-refractivity contribution >= 4 is 5.65 Å². The molecule has 11 heteroatoms. The molecule has 0 bridgehead atoms. The Morgan fingerprint density at radius 2 is 1.54 bits per heavy atom. The van der Waals surface area contributed by atoms with Gasteiger partial charge in [0, 0.05) is 32.1 Å². The van der Waals surface area contributed by atoms with Crippen LogP contribution in [0.25, 0.3) is 5.65 Å². The third-order valence-corrected chi connectivity index (χ3v) is 6.29. The lowest BCUT2D eigenvalue weighted by molar-refractivity contribution is -0.138. The molecule has 0 atom stereocenters. The molecule has 2 fully saturated rings. The number of nitrogens with zero attached hydrogens (tertiary/aromatic N) is 3. The fraction of sp³-hybridized carbons (Fsp3) is 0.462. The number of aromatic nitrogens is 3. The van der Waals surface area contributed by atoms with Crippen LogP contribution < -0.4 is 4.74 Å². The van der Waals surface area contributed by atoms with Gasteiger partial charge in [-0.15, -0.1) is 23.0 Å². The van der Waals surface area contributed by atoms with E-state index in [0.29, 0.717) is 12.8 Å². The summed E-state index contributed by atoms with van der Waals surface area (Å²) in [6.45, 7) is 0. The Hall–Kier alpha value is -3.26. The molecule has 2 heterocycles. The van der Waals surface area contributed by atoms with Crippen molar-refractivity contribution in [2.45, 2.75) is 68.7 Å². The highest BCUT2D eigenvalue weighted by molar-refractivity contribution is 5.57. The molecule has 0 aliphatic heterocycles. The zero-order valence-electron chi connectivity index (χ0n) is 20.1. The Morgan fingerprint density at radius 3 is 2.03 bits per heavy atom. The minimum atomic E-state index is -4.71. The van der Waals surface area contributed by atoms with Crippen LogP contribution >= 0.6 is 0 Å². The lowest BCUT2D eigenvalue weighted by Crippen LogP contribution is -2.34. The van der Waals surface area contributed by atoms with Gasteiger partial charge >= 0.3 is 6.18 Å². The number of alkyl halides is 5. The summed E-state index contributed by atoms with van der Waals surface area (Å²) in [5.74, 6) is -3.77. The molecular formula is C26H27F6N3O2. The summed E-state index contributed by atoms with van der Waals surface area (Å²) in [6.07, 6.45) is 6.16. The molecule has 5 rings (SSSR count). The first-order valence-corrected chi connectivity index (χ1v) is 11.6. The van der Waals surface area contributed by atoms with Crippen molar-refractivity contribution in [2.24, 2.45) is 0 Å². The molecule has 2 aliphatic carbocycles. The number of hydrogen-bond donors (Lipinski definition) is 0. The van der Waals surface area contributed by atoms with Crippen LogP contribution in [0.2, 0.25) is 0 Å². The molecule has 5 nitrogen and oxygen atoms in total. The molecule has 0 amide bonds. The van der Waals surface area contributed by atoms with Crippen molar-refractivity contribution in [3.8, 4) is 18.6 Å². The minimum Gasteiger partial charge on any atom is -0.490 e. The highest BCUT2D eigenvalue weighted by Gasteiger charge is 2.48. The molecule has 3 aromatic rings. The lowest BCUT2D eigenvalue weighted by Gasteiger charge is -2.33. The summed E-state index contributed by atoms with van der Waals surface area (Å²) in [5, 5.41) is 7.44. The second-order valence-corrected chi connectivity index (χ2v) is 8.81. The fourth-order valence-corrected chi connectivity index (χ4v) is 4.42. The van der Waals surface area contributed by atoms with Crippen molar-refractivity contribution < 1.29 is 35.8 Å². The Labute approximate surface area is 210 Å². The molecule has 0 saturated heterocycles. The van der Waals surface area contributed by atoms with E-state index in [2.05, 4.69) is 23.0 Å². The van der Waals surface area contributed by atoms with E-state index in [-0.39, 0.29) is 29.6 Å². The molecule has 2 saturated carbocycles. The summed E-state index contributed by atoms with van der Waals surface area (Å²) in [6, 6.07) is 9.16. The Balaban J connectivity index is 0.000000361. The van der Waals surface area contributed by atoms with Gasteiger partial charge in [-0.3, -0.25) is 4.40 Å². The van der Waals surface area contributed by atoms with E-state index in [1.165, 1.54) is 24.4 Å². The van der Waals surface area contributed by atoms with Gasteiger partial charge in [0.2, 0.25) is 5.92 Å².